The summed E-state index contributed by atoms with van der Waals surface area (Å²) < 4.78 is 0. The van der Waals surface area contributed by atoms with E-state index in [0.29, 0.717) is 12.3 Å². The highest BCUT2D eigenvalue weighted by molar-refractivity contribution is 5.77. The van der Waals surface area contributed by atoms with Gasteiger partial charge in [0, 0.05) is 25.6 Å². The van der Waals surface area contributed by atoms with Crippen molar-refractivity contribution in [3.8, 4) is 0 Å². The van der Waals surface area contributed by atoms with Crippen LogP contribution in [0.3, 0.4) is 0 Å². The van der Waals surface area contributed by atoms with Crippen molar-refractivity contribution in [2.45, 2.75) is 63.8 Å². The Kier molecular flexibility index (Phi) is 5.96. The Morgan fingerprint density at radius 3 is 2.47 bits per heavy atom. The molecule has 0 bridgehead atoms. The normalized spacial score (nSPS) is 19.0. The van der Waals surface area contributed by atoms with E-state index >= 15 is 0 Å². The summed E-state index contributed by atoms with van der Waals surface area (Å²) in [5.41, 5.74) is 0.0792. The number of amides is 1. The minimum atomic E-state index is 0.0792. The number of rotatable bonds is 6. The zero-order valence-electron chi connectivity index (χ0n) is 11.7. The lowest BCUT2D eigenvalue weighted by atomic mass is 9.79. The lowest BCUT2D eigenvalue weighted by molar-refractivity contribution is -0.131. The van der Waals surface area contributed by atoms with Crippen LogP contribution in [0.1, 0.15) is 58.3 Å². The number of unbranched alkanes of at least 4 members (excludes halogenated alkanes) is 1. The third-order valence-electron chi connectivity index (χ3n) is 4.10. The first-order valence-electron chi connectivity index (χ1n) is 7.06. The molecule has 1 amide bonds. The monoisotopic (exact) mass is 240 g/mol. The van der Waals surface area contributed by atoms with Crippen molar-refractivity contribution >= 4 is 5.91 Å². The van der Waals surface area contributed by atoms with Gasteiger partial charge >= 0.3 is 0 Å². The predicted octanol–water partition coefficient (Wildman–Crippen LogP) is 2.56. The van der Waals surface area contributed by atoms with Crippen molar-refractivity contribution in [3.05, 3.63) is 0 Å². The van der Waals surface area contributed by atoms with Gasteiger partial charge in [-0.05, 0) is 26.3 Å². The molecule has 17 heavy (non-hydrogen) atoms. The van der Waals surface area contributed by atoms with Crippen molar-refractivity contribution < 1.29 is 4.79 Å². The van der Waals surface area contributed by atoms with E-state index in [1.54, 1.807) is 0 Å². The van der Waals surface area contributed by atoms with Crippen molar-refractivity contribution in [2.24, 2.45) is 0 Å². The topological polar surface area (TPSA) is 32.3 Å². The first-order chi connectivity index (χ1) is 8.13. The smallest absolute Gasteiger partial charge is 0.224 e. The lowest BCUT2D eigenvalue weighted by Crippen LogP contribution is -2.48. The highest BCUT2D eigenvalue weighted by Gasteiger charge is 2.33. The van der Waals surface area contributed by atoms with E-state index in [1.165, 1.54) is 19.3 Å². The summed E-state index contributed by atoms with van der Waals surface area (Å²) >= 11 is 0. The van der Waals surface area contributed by atoms with E-state index in [1.807, 2.05) is 19.0 Å². The molecular formula is C14H28N2O. The van der Waals surface area contributed by atoms with Crippen LogP contribution in [0, 0.1) is 0 Å². The molecule has 3 heteroatoms. The molecule has 0 spiro atoms. The van der Waals surface area contributed by atoms with E-state index in [-0.39, 0.29) is 5.54 Å². The summed E-state index contributed by atoms with van der Waals surface area (Å²) in [6.07, 6.45) is 9.06. The maximum absolute atomic E-state index is 12.2. The summed E-state index contributed by atoms with van der Waals surface area (Å²) in [4.78, 5) is 14.1. The van der Waals surface area contributed by atoms with Crippen molar-refractivity contribution in [1.29, 1.82) is 0 Å². The van der Waals surface area contributed by atoms with Crippen LogP contribution in [0.25, 0.3) is 0 Å². The predicted molar refractivity (Wildman–Crippen MR) is 72.0 cm³/mol. The average molecular weight is 240 g/mol. The quantitative estimate of drug-likeness (QED) is 0.774. The highest BCUT2D eigenvalue weighted by Crippen LogP contribution is 2.31. The third kappa shape index (κ3) is 4.30. The van der Waals surface area contributed by atoms with Gasteiger partial charge in [-0.2, -0.15) is 0 Å². The molecule has 0 unspecified atom stereocenters. The van der Waals surface area contributed by atoms with Gasteiger partial charge in [0.1, 0.15) is 0 Å². The van der Waals surface area contributed by atoms with Gasteiger partial charge in [0.25, 0.3) is 0 Å². The van der Waals surface area contributed by atoms with Crippen molar-refractivity contribution in [2.75, 3.05) is 20.6 Å². The summed E-state index contributed by atoms with van der Waals surface area (Å²) in [5.74, 6) is 0.301. The number of carbonyl (C=O) groups excluding carboxylic acids is 1. The maximum Gasteiger partial charge on any atom is 0.224 e. The molecule has 1 aliphatic rings. The fourth-order valence-corrected chi connectivity index (χ4v) is 2.69. The minimum absolute atomic E-state index is 0.0792. The van der Waals surface area contributed by atoms with Gasteiger partial charge in [0.2, 0.25) is 5.91 Å². The second kappa shape index (κ2) is 7.00. The molecule has 0 aromatic rings. The minimum Gasteiger partial charge on any atom is -0.346 e. The fourth-order valence-electron chi connectivity index (χ4n) is 2.69. The second-order valence-electron chi connectivity index (χ2n) is 5.44. The molecular weight excluding hydrogens is 212 g/mol. The van der Waals surface area contributed by atoms with Gasteiger partial charge < -0.3 is 10.2 Å². The second-order valence-corrected chi connectivity index (χ2v) is 5.44. The number of carbonyl (C=O) groups is 1. The molecule has 1 saturated carbocycles. The Bertz CT molecular complexity index is 234. The maximum atomic E-state index is 12.2. The molecule has 0 saturated heterocycles. The summed E-state index contributed by atoms with van der Waals surface area (Å²) in [6, 6.07) is 0. The van der Waals surface area contributed by atoms with E-state index < -0.39 is 0 Å². The van der Waals surface area contributed by atoms with E-state index in [0.717, 1.165) is 32.2 Å². The van der Waals surface area contributed by atoms with Gasteiger partial charge in [-0.25, -0.2) is 0 Å². The number of nitrogens with zero attached hydrogens (tertiary/aromatic N) is 1. The number of hydrogen-bond acceptors (Lipinski definition) is 2. The Balaban J connectivity index is 2.46. The molecule has 1 fully saturated rings. The van der Waals surface area contributed by atoms with Crippen LogP contribution in [-0.2, 0) is 4.79 Å². The molecule has 0 aromatic carbocycles. The zero-order chi connectivity index (χ0) is 12.7. The zero-order valence-corrected chi connectivity index (χ0v) is 11.7. The van der Waals surface area contributed by atoms with Crippen LogP contribution in [0.15, 0.2) is 0 Å². The van der Waals surface area contributed by atoms with E-state index in [9.17, 15) is 4.79 Å². The Labute approximate surface area is 106 Å². The van der Waals surface area contributed by atoms with Crippen LogP contribution in [0.2, 0.25) is 0 Å². The van der Waals surface area contributed by atoms with Crippen LogP contribution in [0.5, 0.6) is 0 Å². The molecule has 0 atom stereocenters. The molecule has 0 heterocycles. The van der Waals surface area contributed by atoms with E-state index in [2.05, 4.69) is 12.2 Å². The SMILES string of the molecule is CCCCN(C)C(=O)CC1(NC)CCCCC1. The molecule has 1 rings (SSSR count). The Morgan fingerprint density at radius 1 is 1.29 bits per heavy atom. The summed E-state index contributed by atoms with van der Waals surface area (Å²) in [5, 5.41) is 3.41. The largest absolute Gasteiger partial charge is 0.346 e. The fraction of sp³-hybridized carbons (Fsp3) is 0.929. The van der Waals surface area contributed by atoms with Crippen LogP contribution >= 0.6 is 0 Å². The van der Waals surface area contributed by atoms with Gasteiger partial charge in [0.15, 0.2) is 0 Å². The summed E-state index contributed by atoms with van der Waals surface area (Å²) in [7, 11) is 3.94. The standard InChI is InChI=1S/C14H28N2O/c1-4-5-11-16(3)13(17)12-14(15-2)9-7-6-8-10-14/h15H,4-12H2,1-3H3. The molecule has 0 aromatic heterocycles. The molecule has 0 aliphatic heterocycles. The first kappa shape index (κ1) is 14.5. The van der Waals surface area contributed by atoms with Crippen LogP contribution in [0.4, 0.5) is 0 Å². The molecule has 0 radical (unpaired) electrons. The molecule has 1 N–H and O–H groups in total. The lowest BCUT2D eigenvalue weighted by Gasteiger charge is -2.37. The highest BCUT2D eigenvalue weighted by atomic mass is 16.2. The summed E-state index contributed by atoms with van der Waals surface area (Å²) in [6.45, 7) is 3.06. The van der Waals surface area contributed by atoms with Crippen LogP contribution in [-0.4, -0.2) is 37.0 Å². The van der Waals surface area contributed by atoms with Gasteiger partial charge in [-0.3, -0.25) is 4.79 Å². The average Bonchev–Trinajstić information content (AvgIpc) is 2.36. The number of hydrogen-bond donors (Lipinski definition) is 1. The van der Waals surface area contributed by atoms with Crippen LogP contribution < -0.4 is 5.32 Å². The first-order valence-corrected chi connectivity index (χ1v) is 7.06. The van der Waals surface area contributed by atoms with Gasteiger partial charge in [-0.1, -0.05) is 32.6 Å². The molecule has 100 valence electrons. The van der Waals surface area contributed by atoms with E-state index in [4.69, 9.17) is 0 Å². The Morgan fingerprint density at radius 2 is 1.94 bits per heavy atom. The van der Waals surface area contributed by atoms with Crippen molar-refractivity contribution in [3.63, 3.8) is 0 Å². The van der Waals surface area contributed by atoms with Crippen molar-refractivity contribution in [1.82, 2.24) is 10.2 Å². The molecule has 1 aliphatic carbocycles. The van der Waals surface area contributed by atoms with Gasteiger partial charge in [-0.15, -0.1) is 0 Å². The molecule has 3 nitrogen and oxygen atoms in total. The van der Waals surface area contributed by atoms with Gasteiger partial charge in [0.05, 0.1) is 0 Å². The number of nitrogens with one attached hydrogen (secondary N) is 1. The Hall–Kier alpha value is -0.570. The third-order valence-corrected chi connectivity index (χ3v) is 4.10.